The molecule has 0 unspecified atom stereocenters. The first kappa shape index (κ1) is 17.0. The van der Waals surface area contributed by atoms with Gasteiger partial charge in [0.15, 0.2) is 0 Å². The van der Waals surface area contributed by atoms with Crippen LogP contribution in [0.5, 0.6) is 0 Å². The molecule has 0 saturated heterocycles. The number of esters is 1. The highest BCUT2D eigenvalue weighted by molar-refractivity contribution is 6.07. The van der Waals surface area contributed by atoms with Crippen LogP contribution in [0.4, 0.5) is 4.39 Å². The minimum Gasteiger partial charge on any atom is -0.468 e. The van der Waals surface area contributed by atoms with E-state index in [1.807, 2.05) is 28.8 Å². The summed E-state index contributed by atoms with van der Waals surface area (Å²) in [5, 5.41) is 5.72. The van der Waals surface area contributed by atoms with Gasteiger partial charge in [0.2, 0.25) is 0 Å². The molecule has 27 heavy (non-hydrogen) atoms. The summed E-state index contributed by atoms with van der Waals surface area (Å²) in [5.74, 6) is -0.865. The summed E-state index contributed by atoms with van der Waals surface area (Å²) in [7, 11) is 1.26. The highest BCUT2D eigenvalue weighted by Crippen LogP contribution is 2.27. The largest absolute Gasteiger partial charge is 0.468 e. The van der Waals surface area contributed by atoms with Crippen LogP contribution in [0.2, 0.25) is 0 Å². The molecule has 4 aromatic rings. The van der Waals surface area contributed by atoms with Gasteiger partial charge in [-0.25, -0.2) is 9.07 Å². The first-order valence-electron chi connectivity index (χ1n) is 8.37. The number of rotatable bonds is 4. The van der Waals surface area contributed by atoms with Crippen LogP contribution in [0.1, 0.15) is 5.56 Å². The molecule has 7 heteroatoms. The van der Waals surface area contributed by atoms with Crippen molar-refractivity contribution in [3.8, 4) is 0 Å². The lowest BCUT2D eigenvalue weighted by atomic mass is 10.2. The van der Waals surface area contributed by atoms with Gasteiger partial charge in [0.25, 0.3) is 5.56 Å². The van der Waals surface area contributed by atoms with Crippen molar-refractivity contribution in [1.82, 2.24) is 14.3 Å². The van der Waals surface area contributed by atoms with Crippen LogP contribution in [-0.4, -0.2) is 27.4 Å². The molecule has 4 rings (SSSR count). The second kappa shape index (κ2) is 6.68. The summed E-state index contributed by atoms with van der Waals surface area (Å²) < 4.78 is 20.8. The fraction of sp³-hybridized carbons (Fsp3) is 0.150. The molecule has 2 heterocycles. The van der Waals surface area contributed by atoms with E-state index < -0.39 is 5.97 Å². The first-order chi connectivity index (χ1) is 13.1. The maximum absolute atomic E-state index is 13.2. The Balaban J connectivity index is 1.95. The molecule has 0 amide bonds. The smallest absolute Gasteiger partial charge is 0.327 e. The summed E-state index contributed by atoms with van der Waals surface area (Å²) in [6, 6.07) is 13.8. The fourth-order valence-corrected chi connectivity index (χ4v) is 3.23. The van der Waals surface area contributed by atoms with Gasteiger partial charge in [-0.1, -0.05) is 30.3 Å². The molecule has 0 N–H and O–H groups in total. The van der Waals surface area contributed by atoms with Gasteiger partial charge in [0.05, 0.1) is 13.3 Å². The molecule has 0 radical (unpaired) electrons. The number of aromatic nitrogens is 3. The number of hydrogen-bond acceptors (Lipinski definition) is 4. The van der Waals surface area contributed by atoms with Gasteiger partial charge >= 0.3 is 5.97 Å². The summed E-state index contributed by atoms with van der Waals surface area (Å²) >= 11 is 0. The quantitative estimate of drug-likeness (QED) is 0.522. The third-order valence-corrected chi connectivity index (χ3v) is 4.53. The summed E-state index contributed by atoms with van der Waals surface area (Å²) in [5.41, 5.74) is 1.79. The molecule has 2 aromatic carbocycles. The van der Waals surface area contributed by atoms with Crippen molar-refractivity contribution in [3.05, 3.63) is 76.5 Å². The van der Waals surface area contributed by atoms with E-state index in [9.17, 15) is 14.0 Å². The van der Waals surface area contributed by atoms with Crippen LogP contribution in [0.15, 0.2) is 59.5 Å². The Labute approximate surface area is 153 Å². The normalized spacial score (nSPS) is 11.2. The maximum Gasteiger partial charge on any atom is 0.327 e. The predicted molar refractivity (Wildman–Crippen MR) is 99.0 cm³/mol. The van der Waals surface area contributed by atoms with Crippen molar-refractivity contribution in [2.45, 2.75) is 13.1 Å². The lowest BCUT2D eigenvalue weighted by Gasteiger charge is -2.09. The number of carbonyl (C=O) groups excluding carboxylic acids is 1. The number of halogens is 1. The molecule has 0 atom stereocenters. The monoisotopic (exact) mass is 365 g/mol. The molecule has 0 aliphatic heterocycles. The molecule has 0 fully saturated rings. The molecule has 0 aliphatic rings. The number of ether oxygens (including phenoxy) is 1. The fourth-order valence-electron chi connectivity index (χ4n) is 3.23. The number of benzene rings is 2. The van der Waals surface area contributed by atoms with Crippen molar-refractivity contribution in [2.75, 3.05) is 7.11 Å². The second-order valence-electron chi connectivity index (χ2n) is 6.18. The van der Waals surface area contributed by atoms with Crippen LogP contribution in [-0.2, 0) is 22.6 Å². The van der Waals surface area contributed by atoms with E-state index in [1.54, 1.807) is 18.3 Å². The van der Waals surface area contributed by atoms with Gasteiger partial charge in [-0.15, -0.1) is 0 Å². The zero-order chi connectivity index (χ0) is 19.0. The number of nitrogens with zero attached hydrogens (tertiary/aromatic N) is 3. The Bertz CT molecular complexity index is 1210. The Morgan fingerprint density at radius 1 is 1.11 bits per heavy atom. The van der Waals surface area contributed by atoms with Gasteiger partial charge < -0.3 is 9.30 Å². The lowest BCUT2D eigenvalue weighted by molar-refractivity contribution is -0.141. The molecule has 0 bridgehead atoms. The van der Waals surface area contributed by atoms with Gasteiger partial charge in [0.1, 0.15) is 17.9 Å². The molecule has 6 nitrogen and oxygen atoms in total. The van der Waals surface area contributed by atoms with Gasteiger partial charge in [-0.2, -0.15) is 5.10 Å². The Hall–Kier alpha value is -3.48. The standard InChI is InChI=1S/C20H16FN3O3/c1-27-18(25)12-24-20(26)19-16(10-22-24)15-4-2-3-5-17(15)23(19)11-13-6-8-14(21)9-7-13/h2-10H,11-12H2,1H3. The minimum absolute atomic E-state index is 0.261. The second-order valence-corrected chi connectivity index (χ2v) is 6.18. The van der Waals surface area contributed by atoms with Crippen molar-refractivity contribution in [3.63, 3.8) is 0 Å². The van der Waals surface area contributed by atoms with E-state index in [-0.39, 0.29) is 17.9 Å². The third kappa shape index (κ3) is 2.97. The van der Waals surface area contributed by atoms with Gasteiger partial charge in [-0.05, 0) is 23.8 Å². The molecule has 2 aromatic heterocycles. The number of carbonyl (C=O) groups is 1. The Morgan fingerprint density at radius 3 is 2.59 bits per heavy atom. The third-order valence-electron chi connectivity index (χ3n) is 4.53. The molecule has 0 spiro atoms. The van der Waals surface area contributed by atoms with Crippen LogP contribution in [0, 0.1) is 5.82 Å². The summed E-state index contributed by atoms with van der Waals surface area (Å²) in [6.07, 6.45) is 1.59. The maximum atomic E-state index is 13.2. The van der Waals surface area contributed by atoms with Crippen molar-refractivity contribution >= 4 is 27.8 Å². The molecule has 0 aliphatic carbocycles. The average Bonchev–Trinajstić information content (AvgIpc) is 3.00. The summed E-state index contributed by atoms with van der Waals surface area (Å²) in [4.78, 5) is 24.6. The topological polar surface area (TPSA) is 66.1 Å². The lowest BCUT2D eigenvalue weighted by Crippen LogP contribution is -2.28. The first-order valence-corrected chi connectivity index (χ1v) is 8.37. The van der Waals surface area contributed by atoms with E-state index in [0.717, 1.165) is 21.1 Å². The molecular formula is C20H16FN3O3. The van der Waals surface area contributed by atoms with Crippen LogP contribution in [0.25, 0.3) is 21.8 Å². The van der Waals surface area contributed by atoms with E-state index in [0.29, 0.717) is 17.4 Å². The zero-order valence-electron chi connectivity index (χ0n) is 14.6. The minimum atomic E-state index is -0.551. The van der Waals surface area contributed by atoms with Crippen LogP contribution < -0.4 is 5.56 Å². The van der Waals surface area contributed by atoms with E-state index in [4.69, 9.17) is 0 Å². The van der Waals surface area contributed by atoms with Crippen LogP contribution >= 0.6 is 0 Å². The molecular weight excluding hydrogens is 349 g/mol. The van der Waals surface area contributed by atoms with Crippen LogP contribution in [0.3, 0.4) is 0 Å². The highest BCUT2D eigenvalue weighted by atomic mass is 19.1. The Kier molecular flexibility index (Phi) is 4.19. The van der Waals surface area contributed by atoms with E-state index in [1.165, 1.54) is 19.2 Å². The molecule has 0 saturated carbocycles. The number of methoxy groups -OCH3 is 1. The number of fused-ring (bicyclic) bond motifs is 3. The Morgan fingerprint density at radius 2 is 1.85 bits per heavy atom. The average molecular weight is 365 g/mol. The van der Waals surface area contributed by atoms with Crippen molar-refractivity contribution in [2.24, 2.45) is 0 Å². The van der Waals surface area contributed by atoms with Crippen molar-refractivity contribution < 1.29 is 13.9 Å². The molecule has 136 valence electrons. The number of para-hydroxylation sites is 1. The summed E-state index contributed by atoms with van der Waals surface area (Å²) in [6.45, 7) is 0.130. The van der Waals surface area contributed by atoms with Gasteiger partial charge in [0, 0.05) is 22.8 Å². The SMILES string of the molecule is COC(=O)Cn1ncc2c3ccccc3n(Cc3ccc(F)cc3)c2c1=O. The number of hydrogen-bond donors (Lipinski definition) is 0. The van der Waals surface area contributed by atoms with Crippen molar-refractivity contribution in [1.29, 1.82) is 0 Å². The predicted octanol–water partition coefficient (Wildman–Crippen LogP) is 2.71. The zero-order valence-corrected chi connectivity index (χ0v) is 14.6. The highest BCUT2D eigenvalue weighted by Gasteiger charge is 2.17. The van der Waals surface area contributed by atoms with E-state index >= 15 is 0 Å². The van der Waals surface area contributed by atoms with Gasteiger partial charge in [-0.3, -0.25) is 9.59 Å². The van der Waals surface area contributed by atoms with E-state index in [2.05, 4.69) is 9.84 Å².